The Bertz CT molecular complexity index is 337. The van der Waals surface area contributed by atoms with Crippen LogP contribution in [0.15, 0.2) is 6.07 Å². The predicted octanol–water partition coefficient (Wildman–Crippen LogP) is 2.79. The van der Waals surface area contributed by atoms with Gasteiger partial charge in [-0.05, 0) is 31.9 Å². The van der Waals surface area contributed by atoms with Crippen LogP contribution in [-0.2, 0) is 13.6 Å². The minimum Gasteiger partial charge on any atom is -0.311 e. The van der Waals surface area contributed by atoms with Crippen molar-refractivity contribution in [2.45, 2.75) is 52.0 Å². The summed E-state index contributed by atoms with van der Waals surface area (Å²) in [5, 5.41) is 7.90. The van der Waals surface area contributed by atoms with Crippen LogP contribution in [0.2, 0.25) is 0 Å². The van der Waals surface area contributed by atoms with Gasteiger partial charge in [0.1, 0.15) is 0 Å². The summed E-state index contributed by atoms with van der Waals surface area (Å²) >= 11 is 0. The van der Waals surface area contributed by atoms with Gasteiger partial charge in [-0.1, -0.05) is 32.1 Å². The Morgan fingerprint density at radius 3 is 2.76 bits per heavy atom. The molecule has 0 atom stereocenters. The highest BCUT2D eigenvalue weighted by Gasteiger charge is 2.12. The van der Waals surface area contributed by atoms with E-state index >= 15 is 0 Å². The summed E-state index contributed by atoms with van der Waals surface area (Å²) in [6.45, 7) is 4.14. The Morgan fingerprint density at radius 2 is 2.12 bits per heavy atom. The maximum atomic E-state index is 4.36. The first-order chi connectivity index (χ1) is 8.25. The summed E-state index contributed by atoms with van der Waals surface area (Å²) in [5.74, 6) is 0.976. The van der Waals surface area contributed by atoms with Gasteiger partial charge in [-0.3, -0.25) is 4.68 Å². The van der Waals surface area contributed by atoms with E-state index in [0.29, 0.717) is 0 Å². The normalized spacial score (nSPS) is 17.5. The van der Waals surface area contributed by atoms with Gasteiger partial charge < -0.3 is 5.32 Å². The van der Waals surface area contributed by atoms with E-state index in [-0.39, 0.29) is 0 Å². The summed E-state index contributed by atoms with van der Waals surface area (Å²) in [6, 6.07) is 2.16. The molecule has 0 amide bonds. The van der Waals surface area contributed by atoms with Crippen LogP contribution in [0, 0.1) is 12.8 Å². The molecule has 1 N–H and O–H groups in total. The van der Waals surface area contributed by atoms with Crippen molar-refractivity contribution in [3.8, 4) is 0 Å². The molecule has 96 valence electrons. The molecule has 1 heterocycles. The molecule has 1 aliphatic rings. The topological polar surface area (TPSA) is 29.9 Å². The second kappa shape index (κ2) is 6.20. The maximum absolute atomic E-state index is 4.36. The number of nitrogens with one attached hydrogen (secondary N) is 1. The number of hydrogen-bond donors (Lipinski definition) is 1. The van der Waals surface area contributed by atoms with Gasteiger partial charge >= 0.3 is 0 Å². The van der Waals surface area contributed by atoms with Gasteiger partial charge in [-0.15, -0.1) is 0 Å². The van der Waals surface area contributed by atoms with Crippen LogP contribution in [-0.4, -0.2) is 16.3 Å². The Labute approximate surface area is 105 Å². The molecule has 0 unspecified atom stereocenters. The standard InChI is InChI=1S/C14H25N3/c1-12-10-14(17(2)16-12)11-15-9-8-13-6-4-3-5-7-13/h10,13,15H,3-9,11H2,1-2H3. The average Bonchev–Trinajstić information content (AvgIpc) is 2.65. The first kappa shape index (κ1) is 12.6. The molecule has 3 nitrogen and oxygen atoms in total. The molecule has 1 saturated carbocycles. The smallest absolute Gasteiger partial charge is 0.0597 e. The molecule has 1 aliphatic carbocycles. The largest absolute Gasteiger partial charge is 0.311 e. The van der Waals surface area contributed by atoms with Crippen molar-refractivity contribution in [3.05, 3.63) is 17.5 Å². The van der Waals surface area contributed by atoms with Gasteiger partial charge in [-0.25, -0.2) is 0 Å². The van der Waals surface area contributed by atoms with E-state index in [4.69, 9.17) is 0 Å². The fourth-order valence-electron chi connectivity index (χ4n) is 2.83. The van der Waals surface area contributed by atoms with E-state index in [1.165, 1.54) is 44.2 Å². The molecule has 0 radical (unpaired) electrons. The first-order valence-electron chi connectivity index (χ1n) is 6.96. The molecule has 1 aromatic rings. The molecule has 3 heteroatoms. The minimum absolute atomic E-state index is 0.948. The SMILES string of the molecule is Cc1cc(CNCCC2CCCCC2)n(C)n1. The van der Waals surface area contributed by atoms with Crippen LogP contribution in [0.25, 0.3) is 0 Å². The Balaban J connectivity index is 1.64. The van der Waals surface area contributed by atoms with Gasteiger partial charge in [0.25, 0.3) is 0 Å². The summed E-state index contributed by atoms with van der Waals surface area (Å²) < 4.78 is 1.98. The van der Waals surface area contributed by atoms with Crippen LogP contribution in [0.4, 0.5) is 0 Å². The fourth-order valence-corrected chi connectivity index (χ4v) is 2.83. The molecule has 1 fully saturated rings. The summed E-state index contributed by atoms with van der Waals surface area (Å²) in [6.07, 6.45) is 8.60. The van der Waals surface area contributed by atoms with Gasteiger partial charge in [-0.2, -0.15) is 5.10 Å². The highest BCUT2D eigenvalue weighted by molar-refractivity contribution is 5.08. The molecular formula is C14H25N3. The lowest BCUT2D eigenvalue weighted by Gasteiger charge is -2.21. The van der Waals surface area contributed by atoms with Crippen molar-refractivity contribution in [1.82, 2.24) is 15.1 Å². The summed E-state index contributed by atoms with van der Waals surface area (Å²) in [5.41, 5.74) is 2.39. The molecule has 0 aromatic carbocycles. The number of rotatable bonds is 5. The van der Waals surface area contributed by atoms with Crippen molar-refractivity contribution in [1.29, 1.82) is 0 Å². The highest BCUT2D eigenvalue weighted by Crippen LogP contribution is 2.25. The van der Waals surface area contributed by atoms with E-state index in [1.54, 1.807) is 0 Å². The Morgan fingerprint density at radius 1 is 1.35 bits per heavy atom. The van der Waals surface area contributed by atoms with Crippen LogP contribution >= 0.6 is 0 Å². The molecule has 2 rings (SSSR count). The summed E-state index contributed by atoms with van der Waals surface area (Å²) in [4.78, 5) is 0. The van der Waals surface area contributed by atoms with Gasteiger partial charge in [0.05, 0.1) is 11.4 Å². The number of aryl methyl sites for hydroxylation is 2. The van der Waals surface area contributed by atoms with Crippen LogP contribution in [0.5, 0.6) is 0 Å². The van der Waals surface area contributed by atoms with Crippen molar-refractivity contribution >= 4 is 0 Å². The quantitative estimate of drug-likeness (QED) is 0.795. The zero-order valence-electron chi connectivity index (χ0n) is 11.2. The predicted molar refractivity (Wildman–Crippen MR) is 70.8 cm³/mol. The third kappa shape index (κ3) is 3.84. The van der Waals surface area contributed by atoms with Crippen LogP contribution in [0.3, 0.4) is 0 Å². The van der Waals surface area contributed by atoms with E-state index in [0.717, 1.165) is 24.7 Å². The number of aromatic nitrogens is 2. The van der Waals surface area contributed by atoms with Gasteiger partial charge in [0, 0.05) is 13.6 Å². The molecule has 17 heavy (non-hydrogen) atoms. The van der Waals surface area contributed by atoms with Gasteiger partial charge in [0.2, 0.25) is 0 Å². The monoisotopic (exact) mass is 235 g/mol. The maximum Gasteiger partial charge on any atom is 0.0597 e. The third-order valence-corrected chi connectivity index (χ3v) is 3.86. The Kier molecular flexibility index (Phi) is 4.60. The lowest BCUT2D eigenvalue weighted by molar-refractivity contribution is 0.333. The summed E-state index contributed by atoms with van der Waals surface area (Å²) in [7, 11) is 2.02. The molecule has 0 spiro atoms. The van der Waals surface area contributed by atoms with Crippen molar-refractivity contribution in [3.63, 3.8) is 0 Å². The number of nitrogens with zero attached hydrogens (tertiary/aromatic N) is 2. The molecule has 0 aliphatic heterocycles. The van der Waals surface area contributed by atoms with E-state index in [2.05, 4.69) is 16.5 Å². The first-order valence-corrected chi connectivity index (χ1v) is 6.96. The molecule has 0 saturated heterocycles. The van der Waals surface area contributed by atoms with Crippen molar-refractivity contribution in [2.24, 2.45) is 13.0 Å². The zero-order chi connectivity index (χ0) is 12.1. The van der Waals surface area contributed by atoms with E-state index < -0.39 is 0 Å². The Hall–Kier alpha value is -0.830. The molecule has 1 aromatic heterocycles. The highest BCUT2D eigenvalue weighted by atomic mass is 15.3. The lowest BCUT2D eigenvalue weighted by atomic mass is 9.87. The van der Waals surface area contributed by atoms with Crippen molar-refractivity contribution in [2.75, 3.05) is 6.54 Å². The lowest BCUT2D eigenvalue weighted by Crippen LogP contribution is -2.20. The second-order valence-corrected chi connectivity index (χ2v) is 5.37. The van der Waals surface area contributed by atoms with Gasteiger partial charge in [0.15, 0.2) is 0 Å². The third-order valence-electron chi connectivity index (χ3n) is 3.86. The minimum atomic E-state index is 0.948. The van der Waals surface area contributed by atoms with Crippen LogP contribution < -0.4 is 5.32 Å². The number of hydrogen-bond acceptors (Lipinski definition) is 2. The van der Waals surface area contributed by atoms with E-state index in [9.17, 15) is 0 Å². The van der Waals surface area contributed by atoms with E-state index in [1.807, 2.05) is 18.7 Å². The van der Waals surface area contributed by atoms with Crippen molar-refractivity contribution < 1.29 is 0 Å². The average molecular weight is 235 g/mol. The second-order valence-electron chi connectivity index (χ2n) is 5.37. The fraction of sp³-hybridized carbons (Fsp3) is 0.786. The molecular weight excluding hydrogens is 210 g/mol. The zero-order valence-corrected chi connectivity index (χ0v) is 11.2. The van der Waals surface area contributed by atoms with Crippen LogP contribution in [0.1, 0.15) is 49.9 Å². The molecule has 0 bridgehead atoms.